The predicted octanol–water partition coefficient (Wildman–Crippen LogP) is 3.17. The van der Waals surface area contributed by atoms with Crippen LogP contribution < -0.4 is 16.6 Å². The molecule has 3 aromatic rings. The zero-order chi connectivity index (χ0) is 18.8. The Hall–Kier alpha value is -2.38. The van der Waals surface area contributed by atoms with Gasteiger partial charge < -0.3 is 5.32 Å². The van der Waals surface area contributed by atoms with Crippen molar-refractivity contribution in [1.82, 2.24) is 9.13 Å². The van der Waals surface area contributed by atoms with Crippen molar-refractivity contribution >= 4 is 44.7 Å². The van der Waals surface area contributed by atoms with Gasteiger partial charge in [-0.05, 0) is 35.6 Å². The second kappa shape index (κ2) is 7.47. The van der Waals surface area contributed by atoms with Gasteiger partial charge >= 0.3 is 5.69 Å². The molecule has 0 aliphatic rings. The van der Waals surface area contributed by atoms with Crippen LogP contribution in [0.3, 0.4) is 0 Å². The average molecular weight is 392 g/mol. The Labute approximate surface area is 158 Å². The summed E-state index contributed by atoms with van der Waals surface area (Å²) in [6.07, 6.45) is 0. The van der Waals surface area contributed by atoms with Crippen molar-refractivity contribution in [3.05, 3.63) is 61.6 Å². The van der Waals surface area contributed by atoms with Crippen LogP contribution in [0.1, 0.15) is 13.8 Å². The summed E-state index contributed by atoms with van der Waals surface area (Å²) >= 11 is 7.19. The fourth-order valence-corrected chi connectivity index (χ4v) is 3.76. The Morgan fingerprint density at radius 3 is 2.69 bits per heavy atom. The van der Waals surface area contributed by atoms with Crippen molar-refractivity contribution < 1.29 is 4.79 Å². The van der Waals surface area contributed by atoms with Gasteiger partial charge in [0.25, 0.3) is 5.56 Å². The van der Waals surface area contributed by atoms with Crippen LogP contribution in [-0.2, 0) is 17.9 Å². The van der Waals surface area contributed by atoms with Crippen LogP contribution in [0.25, 0.3) is 10.2 Å². The number of rotatable bonds is 5. The van der Waals surface area contributed by atoms with Crippen molar-refractivity contribution in [2.45, 2.75) is 26.9 Å². The molecule has 0 atom stereocenters. The van der Waals surface area contributed by atoms with E-state index in [0.29, 0.717) is 27.5 Å². The first-order chi connectivity index (χ1) is 12.4. The molecule has 1 aromatic carbocycles. The molecule has 0 aliphatic carbocycles. The van der Waals surface area contributed by atoms with Crippen LogP contribution in [0.2, 0.25) is 5.02 Å². The van der Waals surface area contributed by atoms with Crippen LogP contribution in [0.5, 0.6) is 0 Å². The molecule has 136 valence electrons. The highest BCUT2D eigenvalue weighted by Crippen LogP contribution is 2.17. The number of benzene rings is 1. The largest absolute Gasteiger partial charge is 0.332 e. The molecule has 0 fully saturated rings. The second-order valence-corrected chi connectivity index (χ2v) is 7.72. The average Bonchev–Trinajstić information content (AvgIpc) is 3.05. The second-order valence-electron chi connectivity index (χ2n) is 6.37. The molecular weight excluding hydrogens is 374 g/mol. The van der Waals surface area contributed by atoms with Gasteiger partial charge in [0.05, 0.1) is 5.52 Å². The van der Waals surface area contributed by atoms with Gasteiger partial charge in [0, 0.05) is 17.3 Å². The number of nitrogens with zero attached hydrogens (tertiary/aromatic N) is 2. The third-order valence-corrected chi connectivity index (χ3v) is 4.92. The van der Waals surface area contributed by atoms with Crippen molar-refractivity contribution in [2.24, 2.45) is 5.92 Å². The summed E-state index contributed by atoms with van der Waals surface area (Å²) < 4.78 is 3.02. The van der Waals surface area contributed by atoms with E-state index >= 15 is 0 Å². The van der Waals surface area contributed by atoms with Gasteiger partial charge in [-0.3, -0.25) is 18.7 Å². The van der Waals surface area contributed by atoms with Crippen molar-refractivity contribution in [3.8, 4) is 0 Å². The summed E-state index contributed by atoms with van der Waals surface area (Å²) in [7, 11) is 0. The van der Waals surface area contributed by atoms with E-state index < -0.39 is 5.69 Å². The lowest BCUT2D eigenvalue weighted by Gasteiger charge is -2.13. The maximum atomic E-state index is 12.8. The molecule has 8 heteroatoms. The Kier molecular flexibility index (Phi) is 5.29. The van der Waals surface area contributed by atoms with Gasteiger partial charge in [-0.1, -0.05) is 31.5 Å². The van der Waals surface area contributed by atoms with E-state index in [1.54, 1.807) is 35.7 Å². The normalized spacial score (nSPS) is 11.2. The predicted molar refractivity (Wildman–Crippen MR) is 105 cm³/mol. The number of amides is 1. The smallest absolute Gasteiger partial charge is 0.324 e. The highest BCUT2D eigenvalue weighted by Gasteiger charge is 2.17. The number of hydrogen-bond donors (Lipinski definition) is 1. The topological polar surface area (TPSA) is 73.1 Å². The third-order valence-electron chi connectivity index (χ3n) is 3.79. The minimum absolute atomic E-state index is 0.131. The molecule has 0 saturated heterocycles. The Morgan fingerprint density at radius 1 is 1.23 bits per heavy atom. The summed E-state index contributed by atoms with van der Waals surface area (Å²) in [6, 6.07) is 8.46. The van der Waals surface area contributed by atoms with Crippen molar-refractivity contribution in [1.29, 1.82) is 0 Å². The highest BCUT2D eigenvalue weighted by molar-refractivity contribution is 7.17. The molecule has 6 nitrogen and oxygen atoms in total. The lowest BCUT2D eigenvalue weighted by atomic mass is 10.2. The lowest BCUT2D eigenvalue weighted by molar-refractivity contribution is -0.116. The SMILES string of the molecule is CC(C)Cn1c(=O)c2sccc2n(CC(=O)Nc2cccc(Cl)c2)c1=O. The fourth-order valence-electron chi connectivity index (χ4n) is 2.72. The summed E-state index contributed by atoms with van der Waals surface area (Å²) in [5.74, 6) is -0.233. The molecule has 0 aliphatic heterocycles. The number of carbonyl (C=O) groups is 1. The zero-order valence-corrected chi connectivity index (χ0v) is 15.9. The summed E-state index contributed by atoms with van der Waals surface area (Å²) in [5, 5.41) is 4.97. The molecule has 0 bridgehead atoms. The monoisotopic (exact) mass is 391 g/mol. The molecule has 0 unspecified atom stereocenters. The Morgan fingerprint density at radius 2 is 2.00 bits per heavy atom. The van der Waals surface area contributed by atoms with E-state index in [1.165, 1.54) is 20.5 Å². The van der Waals surface area contributed by atoms with E-state index in [2.05, 4.69) is 5.32 Å². The van der Waals surface area contributed by atoms with Gasteiger partial charge in [0.2, 0.25) is 5.91 Å². The first kappa shape index (κ1) is 18.4. The van der Waals surface area contributed by atoms with Crippen LogP contribution in [0, 0.1) is 5.92 Å². The molecule has 1 amide bonds. The lowest BCUT2D eigenvalue weighted by Crippen LogP contribution is -2.42. The van der Waals surface area contributed by atoms with E-state index in [0.717, 1.165) is 0 Å². The van der Waals surface area contributed by atoms with Gasteiger partial charge in [-0.15, -0.1) is 11.3 Å². The minimum Gasteiger partial charge on any atom is -0.324 e. The highest BCUT2D eigenvalue weighted by atomic mass is 35.5. The van der Waals surface area contributed by atoms with Gasteiger partial charge in [-0.25, -0.2) is 4.79 Å². The number of aromatic nitrogens is 2. The zero-order valence-electron chi connectivity index (χ0n) is 14.4. The standard InChI is InChI=1S/C18H18ClN3O3S/c1-11(2)9-22-17(24)16-14(6-7-26-16)21(18(22)25)10-15(23)20-13-5-3-4-12(19)8-13/h3-8,11H,9-10H2,1-2H3,(H,20,23). The first-order valence-electron chi connectivity index (χ1n) is 8.13. The summed E-state index contributed by atoms with van der Waals surface area (Å²) in [4.78, 5) is 37.8. The first-order valence-corrected chi connectivity index (χ1v) is 9.39. The molecule has 0 spiro atoms. The van der Waals surface area contributed by atoms with Crippen LogP contribution in [0.15, 0.2) is 45.3 Å². The van der Waals surface area contributed by atoms with Gasteiger partial charge in [-0.2, -0.15) is 0 Å². The minimum atomic E-state index is -0.476. The Bertz CT molecular complexity index is 1080. The van der Waals surface area contributed by atoms with E-state index in [4.69, 9.17) is 11.6 Å². The van der Waals surface area contributed by atoms with Crippen LogP contribution in [0.4, 0.5) is 5.69 Å². The third kappa shape index (κ3) is 3.73. The van der Waals surface area contributed by atoms with Crippen LogP contribution >= 0.6 is 22.9 Å². The fraction of sp³-hybridized carbons (Fsp3) is 0.278. The number of anilines is 1. The van der Waals surface area contributed by atoms with E-state index in [-0.39, 0.29) is 23.9 Å². The number of thiophene rings is 1. The molecule has 26 heavy (non-hydrogen) atoms. The van der Waals surface area contributed by atoms with Gasteiger partial charge in [0.15, 0.2) is 0 Å². The number of hydrogen-bond acceptors (Lipinski definition) is 4. The number of nitrogens with one attached hydrogen (secondary N) is 1. The van der Waals surface area contributed by atoms with Crippen molar-refractivity contribution in [2.75, 3.05) is 5.32 Å². The summed E-state index contributed by atoms with van der Waals surface area (Å²) in [5.41, 5.74) is 0.245. The van der Waals surface area contributed by atoms with E-state index in [9.17, 15) is 14.4 Å². The number of fused-ring (bicyclic) bond motifs is 1. The number of carbonyl (C=O) groups excluding carboxylic acids is 1. The molecule has 1 N–H and O–H groups in total. The molecule has 3 rings (SSSR count). The van der Waals surface area contributed by atoms with Crippen molar-refractivity contribution in [3.63, 3.8) is 0 Å². The van der Waals surface area contributed by atoms with Crippen LogP contribution in [-0.4, -0.2) is 15.0 Å². The number of halogens is 1. The maximum absolute atomic E-state index is 12.8. The maximum Gasteiger partial charge on any atom is 0.332 e. The van der Waals surface area contributed by atoms with E-state index in [1.807, 2.05) is 13.8 Å². The molecule has 2 aromatic heterocycles. The quantitative estimate of drug-likeness (QED) is 0.726. The van der Waals surface area contributed by atoms with Gasteiger partial charge in [0.1, 0.15) is 11.2 Å². The Balaban J connectivity index is 1.99. The molecular formula is C18H18ClN3O3S. The molecule has 0 radical (unpaired) electrons. The molecule has 2 heterocycles. The summed E-state index contributed by atoms with van der Waals surface area (Å²) in [6.45, 7) is 3.99. The molecule has 0 saturated carbocycles.